The van der Waals surface area contributed by atoms with E-state index in [2.05, 4.69) is 5.32 Å². The van der Waals surface area contributed by atoms with E-state index in [1.165, 1.54) is 12.2 Å². The van der Waals surface area contributed by atoms with E-state index in [1.54, 1.807) is 12.1 Å². The molecule has 0 radical (unpaired) electrons. The Kier molecular flexibility index (Phi) is 3.38. The first-order chi connectivity index (χ1) is 8.47. The van der Waals surface area contributed by atoms with E-state index >= 15 is 0 Å². The van der Waals surface area contributed by atoms with Gasteiger partial charge in [-0.2, -0.15) is 0 Å². The minimum absolute atomic E-state index is 0.265. The molecule has 98 valence electrons. The molecular weight excluding hydrogens is 232 g/mol. The fourth-order valence-corrected chi connectivity index (χ4v) is 2.28. The topological polar surface area (TPSA) is 61.8 Å². The molecule has 2 atom stereocenters. The molecule has 0 aromatic heterocycles. The van der Waals surface area contributed by atoms with E-state index in [4.69, 9.17) is 4.84 Å². The summed E-state index contributed by atoms with van der Waals surface area (Å²) in [5.74, 6) is -0.265. The van der Waals surface area contributed by atoms with Crippen LogP contribution < -0.4 is 5.32 Å². The summed E-state index contributed by atoms with van der Waals surface area (Å²) in [6, 6.07) is 8.42. The second-order valence-corrected chi connectivity index (χ2v) is 4.85. The second-order valence-electron chi connectivity index (χ2n) is 4.85. The third-order valence-electron chi connectivity index (χ3n) is 3.12. The van der Waals surface area contributed by atoms with Crippen molar-refractivity contribution in [2.45, 2.75) is 31.7 Å². The summed E-state index contributed by atoms with van der Waals surface area (Å²) in [5, 5.41) is 14.6. The van der Waals surface area contributed by atoms with Gasteiger partial charge in [0.15, 0.2) is 0 Å². The standard InChI is InChI=1S/C13H18N2O3/c1-13(2)14-10(12(17)15(13)18-3)11(16)9-7-5-4-6-8-9/h4-8,10-11,14,16H,1-3H3/t10-,11+/m0/s1. The summed E-state index contributed by atoms with van der Waals surface area (Å²) in [5.41, 5.74) is 0.0730. The number of carbonyl (C=O) groups is 1. The molecule has 0 saturated carbocycles. The number of aliphatic hydroxyl groups is 1. The molecule has 1 heterocycles. The van der Waals surface area contributed by atoms with Gasteiger partial charge in [0, 0.05) is 0 Å². The maximum Gasteiger partial charge on any atom is 0.268 e. The first-order valence-corrected chi connectivity index (χ1v) is 5.86. The summed E-state index contributed by atoms with van der Waals surface area (Å²) in [6.45, 7) is 3.65. The van der Waals surface area contributed by atoms with Crippen LogP contribution in [0.2, 0.25) is 0 Å². The summed E-state index contributed by atoms with van der Waals surface area (Å²) >= 11 is 0. The highest BCUT2D eigenvalue weighted by atomic mass is 16.7. The van der Waals surface area contributed by atoms with Crippen LogP contribution in [0.5, 0.6) is 0 Å². The van der Waals surface area contributed by atoms with Crippen LogP contribution >= 0.6 is 0 Å². The average molecular weight is 250 g/mol. The fraction of sp³-hybridized carbons (Fsp3) is 0.462. The molecule has 18 heavy (non-hydrogen) atoms. The Hall–Kier alpha value is -1.43. The number of benzene rings is 1. The van der Waals surface area contributed by atoms with Crippen LogP contribution in [0.4, 0.5) is 0 Å². The van der Waals surface area contributed by atoms with Gasteiger partial charge in [-0.25, -0.2) is 5.06 Å². The molecule has 1 aliphatic rings. The number of aliphatic hydroxyl groups excluding tert-OH is 1. The number of hydroxylamine groups is 2. The zero-order valence-electron chi connectivity index (χ0n) is 10.8. The van der Waals surface area contributed by atoms with E-state index in [-0.39, 0.29) is 5.91 Å². The molecule has 0 bridgehead atoms. The van der Waals surface area contributed by atoms with Gasteiger partial charge in [0.2, 0.25) is 0 Å². The monoisotopic (exact) mass is 250 g/mol. The lowest BCUT2D eigenvalue weighted by atomic mass is 10.0. The molecule has 1 saturated heterocycles. The largest absolute Gasteiger partial charge is 0.386 e. The van der Waals surface area contributed by atoms with Crippen LogP contribution in [-0.4, -0.2) is 34.9 Å². The van der Waals surface area contributed by atoms with Crippen LogP contribution in [0.3, 0.4) is 0 Å². The molecule has 1 fully saturated rings. The molecule has 0 spiro atoms. The Balaban J connectivity index is 2.23. The van der Waals surface area contributed by atoms with Crippen molar-refractivity contribution >= 4 is 5.91 Å². The summed E-state index contributed by atoms with van der Waals surface area (Å²) in [7, 11) is 1.44. The van der Waals surface area contributed by atoms with Crippen molar-refractivity contribution < 1.29 is 14.7 Å². The smallest absolute Gasteiger partial charge is 0.268 e. The summed E-state index contributed by atoms with van der Waals surface area (Å²) in [6.07, 6.45) is -0.891. The van der Waals surface area contributed by atoms with Crippen LogP contribution in [0.15, 0.2) is 30.3 Å². The quantitative estimate of drug-likeness (QED) is 0.833. The van der Waals surface area contributed by atoms with Gasteiger partial charge in [-0.3, -0.25) is 14.9 Å². The maximum atomic E-state index is 12.1. The SMILES string of the molecule is CON1C(=O)[C@H]([C@H](O)c2ccccc2)NC1(C)C. The van der Waals surface area contributed by atoms with Crippen molar-refractivity contribution in [1.82, 2.24) is 10.4 Å². The lowest BCUT2D eigenvalue weighted by Crippen LogP contribution is -2.47. The fourth-order valence-electron chi connectivity index (χ4n) is 2.28. The van der Waals surface area contributed by atoms with Gasteiger partial charge in [0.1, 0.15) is 17.8 Å². The minimum atomic E-state index is -0.891. The third kappa shape index (κ3) is 2.12. The Morgan fingerprint density at radius 2 is 2.00 bits per heavy atom. The van der Waals surface area contributed by atoms with Gasteiger partial charge < -0.3 is 5.11 Å². The van der Waals surface area contributed by atoms with Crippen molar-refractivity contribution in [2.75, 3.05) is 7.11 Å². The van der Waals surface area contributed by atoms with Crippen molar-refractivity contribution in [1.29, 1.82) is 0 Å². The number of nitrogens with zero attached hydrogens (tertiary/aromatic N) is 1. The first-order valence-electron chi connectivity index (χ1n) is 5.86. The first kappa shape index (κ1) is 13.0. The zero-order chi connectivity index (χ0) is 13.3. The van der Waals surface area contributed by atoms with Crippen molar-refractivity contribution in [2.24, 2.45) is 0 Å². The van der Waals surface area contributed by atoms with E-state index in [9.17, 15) is 9.90 Å². The predicted octanol–water partition coefficient (Wildman–Crippen LogP) is 0.818. The normalized spacial score (nSPS) is 24.3. The Labute approximate surface area is 106 Å². The molecule has 2 N–H and O–H groups in total. The number of rotatable bonds is 3. The highest BCUT2D eigenvalue weighted by Gasteiger charge is 2.48. The Bertz CT molecular complexity index is 433. The van der Waals surface area contributed by atoms with Crippen LogP contribution in [0.25, 0.3) is 0 Å². The van der Waals surface area contributed by atoms with E-state index in [0.717, 1.165) is 0 Å². The Morgan fingerprint density at radius 3 is 2.50 bits per heavy atom. The van der Waals surface area contributed by atoms with Gasteiger partial charge >= 0.3 is 0 Å². The average Bonchev–Trinajstić information content (AvgIpc) is 2.59. The van der Waals surface area contributed by atoms with Gasteiger partial charge in [-0.15, -0.1) is 0 Å². The lowest BCUT2D eigenvalue weighted by Gasteiger charge is -2.28. The van der Waals surface area contributed by atoms with E-state index in [1.807, 2.05) is 32.0 Å². The number of hydrogen-bond donors (Lipinski definition) is 2. The number of nitrogens with one attached hydrogen (secondary N) is 1. The lowest BCUT2D eigenvalue weighted by molar-refractivity contribution is -0.192. The van der Waals surface area contributed by atoms with E-state index in [0.29, 0.717) is 5.56 Å². The van der Waals surface area contributed by atoms with Crippen molar-refractivity contribution in [3.8, 4) is 0 Å². The maximum absolute atomic E-state index is 12.1. The summed E-state index contributed by atoms with van der Waals surface area (Å²) < 4.78 is 0. The molecular formula is C13H18N2O3. The highest BCUT2D eigenvalue weighted by molar-refractivity contribution is 5.84. The molecule has 2 rings (SSSR count). The molecule has 1 aromatic rings. The number of amides is 1. The van der Waals surface area contributed by atoms with Gasteiger partial charge in [0.05, 0.1) is 7.11 Å². The van der Waals surface area contributed by atoms with Crippen molar-refractivity contribution in [3.05, 3.63) is 35.9 Å². The van der Waals surface area contributed by atoms with Crippen molar-refractivity contribution in [3.63, 3.8) is 0 Å². The molecule has 1 aromatic carbocycles. The molecule has 1 amide bonds. The van der Waals surface area contributed by atoms with Gasteiger partial charge in [-0.05, 0) is 19.4 Å². The predicted molar refractivity (Wildman–Crippen MR) is 66.3 cm³/mol. The van der Waals surface area contributed by atoms with Crippen LogP contribution in [-0.2, 0) is 9.63 Å². The molecule has 1 aliphatic heterocycles. The minimum Gasteiger partial charge on any atom is -0.386 e. The number of hydrogen-bond acceptors (Lipinski definition) is 4. The zero-order valence-corrected chi connectivity index (χ0v) is 10.8. The Morgan fingerprint density at radius 1 is 1.39 bits per heavy atom. The molecule has 0 aliphatic carbocycles. The molecule has 5 nitrogen and oxygen atoms in total. The van der Waals surface area contributed by atoms with Crippen LogP contribution in [0, 0.1) is 0 Å². The van der Waals surface area contributed by atoms with E-state index < -0.39 is 17.8 Å². The van der Waals surface area contributed by atoms with Gasteiger partial charge in [0.25, 0.3) is 5.91 Å². The van der Waals surface area contributed by atoms with Gasteiger partial charge in [-0.1, -0.05) is 30.3 Å². The third-order valence-corrected chi connectivity index (χ3v) is 3.12. The second kappa shape index (κ2) is 4.68. The molecule has 0 unspecified atom stereocenters. The molecule has 5 heteroatoms. The highest BCUT2D eigenvalue weighted by Crippen LogP contribution is 2.28. The summed E-state index contributed by atoms with van der Waals surface area (Å²) in [4.78, 5) is 17.2. The van der Waals surface area contributed by atoms with Crippen LogP contribution in [0.1, 0.15) is 25.5 Å². The number of carbonyl (C=O) groups excluding carboxylic acids is 1.